The average molecular weight is 244 g/mol. The van der Waals surface area contributed by atoms with Crippen molar-refractivity contribution >= 4 is 5.69 Å². The summed E-state index contributed by atoms with van der Waals surface area (Å²) in [6.07, 6.45) is 2.38. The molecular formula is C12H15F3N2. The zero-order valence-electron chi connectivity index (χ0n) is 9.43. The van der Waals surface area contributed by atoms with Crippen molar-refractivity contribution in [3.63, 3.8) is 0 Å². The van der Waals surface area contributed by atoms with Crippen molar-refractivity contribution in [3.8, 4) is 0 Å². The van der Waals surface area contributed by atoms with Crippen LogP contribution in [0.5, 0.6) is 0 Å². The van der Waals surface area contributed by atoms with Crippen molar-refractivity contribution in [3.05, 3.63) is 23.5 Å². The van der Waals surface area contributed by atoms with E-state index in [0.29, 0.717) is 5.92 Å². The second kappa shape index (κ2) is 4.55. The lowest BCUT2D eigenvalue weighted by Gasteiger charge is -2.22. The third-order valence-electron chi connectivity index (χ3n) is 3.28. The minimum Gasteiger partial charge on any atom is -0.397 e. The van der Waals surface area contributed by atoms with Gasteiger partial charge in [-0.3, -0.25) is 0 Å². The van der Waals surface area contributed by atoms with E-state index in [9.17, 15) is 13.2 Å². The molecule has 1 aliphatic rings. The highest BCUT2D eigenvalue weighted by atomic mass is 19.4. The standard InChI is InChI=1S/C12H15F3N2/c13-12(14,15)11-10(16)6-9(7-17-11)8-4-2-1-3-5-8/h6-8H,1-5,16H2. The van der Waals surface area contributed by atoms with Gasteiger partial charge in [-0.2, -0.15) is 13.2 Å². The Morgan fingerprint density at radius 3 is 2.35 bits per heavy atom. The van der Waals surface area contributed by atoms with E-state index < -0.39 is 11.9 Å². The fourth-order valence-corrected chi connectivity index (χ4v) is 2.39. The van der Waals surface area contributed by atoms with E-state index in [1.165, 1.54) is 18.7 Å². The molecule has 2 rings (SSSR count). The molecule has 94 valence electrons. The van der Waals surface area contributed by atoms with Gasteiger partial charge in [0.05, 0.1) is 5.69 Å². The van der Waals surface area contributed by atoms with E-state index in [0.717, 1.165) is 31.2 Å². The minimum absolute atomic E-state index is 0.263. The monoisotopic (exact) mass is 244 g/mol. The molecule has 0 radical (unpaired) electrons. The molecule has 0 aromatic carbocycles. The van der Waals surface area contributed by atoms with Crippen molar-refractivity contribution in [1.29, 1.82) is 0 Å². The van der Waals surface area contributed by atoms with Crippen LogP contribution in [0.25, 0.3) is 0 Å². The van der Waals surface area contributed by atoms with Gasteiger partial charge in [0.2, 0.25) is 0 Å². The Balaban J connectivity index is 2.24. The number of rotatable bonds is 1. The minimum atomic E-state index is -4.46. The summed E-state index contributed by atoms with van der Waals surface area (Å²) in [7, 11) is 0. The van der Waals surface area contributed by atoms with Crippen molar-refractivity contribution < 1.29 is 13.2 Å². The molecule has 0 saturated heterocycles. The number of nitrogens with zero attached hydrogens (tertiary/aromatic N) is 1. The fraction of sp³-hybridized carbons (Fsp3) is 0.583. The lowest BCUT2D eigenvalue weighted by atomic mass is 9.84. The van der Waals surface area contributed by atoms with Crippen LogP contribution in [-0.4, -0.2) is 4.98 Å². The number of nitrogen functional groups attached to an aromatic ring is 1. The molecule has 2 N–H and O–H groups in total. The molecule has 0 atom stereocenters. The average Bonchev–Trinajstić information content (AvgIpc) is 2.28. The first-order valence-corrected chi connectivity index (χ1v) is 5.81. The first-order valence-electron chi connectivity index (χ1n) is 5.81. The molecule has 1 aromatic rings. The predicted molar refractivity (Wildman–Crippen MR) is 59.5 cm³/mol. The van der Waals surface area contributed by atoms with Gasteiger partial charge in [-0.25, -0.2) is 4.98 Å². The summed E-state index contributed by atoms with van der Waals surface area (Å²) < 4.78 is 37.4. The quantitative estimate of drug-likeness (QED) is 0.817. The van der Waals surface area contributed by atoms with Crippen LogP contribution in [0.2, 0.25) is 0 Å². The van der Waals surface area contributed by atoms with Gasteiger partial charge in [-0.05, 0) is 30.4 Å². The number of hydrogen-bond donors (Lipinski definition) is 1. The molecule has 17 heavy (non-hydrogen) atoms. The summed E-state index contributed by atoms with van der Waals surface area (Å²) in [6.45, 7) is 0. The maximum atomic E-state index is 12.5. The maximum Gasteiger partial charge on any atom is 0.435 e. The van der Waals surface area contributed by atoms with Crippen molar-refractivity contribution in [2.24, 2.45) is 0 Å². The summed E-state index contributed by atoms with van der Waals surface area (Å²) in [5.74, 6) is 0.320. The highest BCUT2D eigenvalue weighted by molar-refractivity contribution is 5.47. The van der Waals surface area contributed by atoms with Crippen LogP contribution < -0.4 is 5.73 Å². The van der Waals surface area contributed by atoms with E-state index >= 15 is 0 Å². The topological polar surface area (TPSA) is 38.9 Å². The van der Waals surface area contributed by atoms with Gasteiger partial charge in [-0.15, -0.1) is 0 Å². The smallest absolute Gasteiger partial charge is 0.397 e. The van der Waals surface area contributed by atoms with Gasteiger partial charge in [0.15, 0.2) is 5.69 Å². The number of aromatic nitrogens is 1. The first kappa shape index (κ1) is 12.2. The van der Waals surface area contributed by atoms with Gasteiger partial charge < -0.3 is 5.73 Å². The second-order valence-electron chi connectivity index (χ2n) is 4.54. The molecule has 1 saturated carbocycles. The number of pyridine rings is 1. The highest BCUT2D eigenvalue weighted by Crippen LogP contribution is 2.36. The molecule has 0 bridgehead atoms. The molecular weight excluding hydrogens is 229 g/mol. The molecule has 1 heterocycles. The number of anilines is 1. The van der Waals surface area contributed by atoms with E-state index in [-0.39, 0.29) is 5.69 Å². The zero-order chi connectivity index (χ0) is 12.5. The van der Waals surface area contributed by atoms with Crippen LogP contribution >= 0.6 is 0 Å². The third-order valence-corrected chi connectivity index (χ3v) is 3.28. The maximum absolute atomic E-state index is 12.5. The molecule has 0 aliphatic heterocycles. The molecule has 1 aliphatic carbocycles. The Hall–Kier alpha value is -1.26. The van der Waals surface area contributed by atoms with Gasteiger partial charge in [0.25, 0.3) is 0 Å². The van der Waals surface area contributed by atoms with Gasteiger partial charge in [0.1, 0.15) is 0 Å². The lowest BCUT2D eigenvalue weighted by molar-refractivity contribution is -0.140. The van der Waals surface area contributed by atoms with Crippen LogP contribution in [0.4, 0.5) is 18.9 Å². The summed E-state index contributed by atoms with van der Waals surface area (Å²) in [5, 5.41) is 0. The van der Waals surface area contributed by atoms with Crippen LogP contribution in [-0.2, 0) is 6.18 Å². The van der Waals surface area contributed by atoms with E-state index in [4.69, 9.17) is 5.73 Å². The third kappa shape index (κ3) is 2.70. The second-order valence-corrected chi connectivity index (χ2v) is 4.54. The molecule has 0 unspecified atom stereocenters. The SMILES string of the molecule is Nc1cc(C2CCCCC2)cnc1C(F)(F)F. The Morgan fingerprint density at radius 1 is 1.18 bits per heavy atom. The van der Waals surface area contributed by atoms with Crippen molar-refractivity contribution in [1.82, 2.24) is 4.98 Å². The lowest BCUT2D eigenvalue weighted by Crippen LogP contribution is -2.13. The summed E-state index contributed by atoms with van der Waals surface area (Å²) in [6, 6.07) is 1.44. The zero-order valence-corrected chi connectivity index (χ0v) is 9.43. The Morgan fingerprint density at radius 2 is 1.82 bits per heavy atom. The van der Waals surface area contributed by atoms with Gasteiger partial charge in [-0.1, -0.05) is 19.3 Å². The summed E-state index contributed by atoms with van der Waals surface area (Å²) in [4.78, 5) is 3.47. The molecule has 0 amide bonds. The van der Waals surface area contributed by atoms with Crippen molar-refractivity contribution in [2.75, 3.05) is 5.73 Å². The summed E-state index contributed by atoms with van der Waals surface area (Å²) >= 11 is 0. The van der Waals surface area contributed by atoms with E-state index in [1.807, 2.05) is 0 Å². The summed E-state index contributed by atoms with van der Waals surface area (Å²) in [5.41, 5.74) is 5.04. The number of alkyl halides is 3. The number of halogens is 3. The molecule has 5 heteroatoms. The molecule has 1 aromatic heterocycles. The largest absolute Gasteiger partial charge is 0.435 e. The normalized spacial score (nSPS) is 18.3. The Bertz CT molecular complexity index is 395. The number of hydrogen-bond acceptors (Lipinski definition) is 2. The van der Waals surface area contributed by atoms with E-state index in [1.54, 1.807) is 0 Å². The first-order chi connectivity index (χ1) is 7.98. The van der Waals surface area contributed by atoms with Crippen LogP contribution in [0, 0.1) is 0 Å². The fourth-order valence-electron chi connectivity index (χ4n) is 2.39. The van der Waals surface area contributed by atoms with Gasteiger partial charge >= 0.3 is 6.18 Å². The molecule has 2 nitrogen and oxygen atoms in total. The Labute approximate surface area is 98.0 Å². The Kier molecular flexibility index (Phi) is 3.26. The van der Waals surface area contributed by atoms with Crippen LogP contribution in [0.1, 0.15) is 49.3 Å². The van der Waals surface area contributed by atoms with E-state index in [2.05, 4.69) is 4.98 Å². The number of nitrogens with two attached hydrogens (primary N) is 1. The highest BCUT2D eigenvalue weighted by Gasteiger charge is 2.35. The predicted octanol–water partition coefficient (Wildman–Crippen LogP) is 3.73. The van der Waals surface area contributed by atoms with Crippen LogP contribution in [0.3, 0.4) is 0 Å². The van der Waals surface area contributed by atoms with Gasteiger partial charge in [0, 0.05) is 6.20 Å². The van der Waals surface area contributed by atoms with Crippen LogP contribution in [0.15, 0.2) is 12.3 Å². The van der Waals surface area contributed by atoms with Crippen molar-refractivity contribution in [2.45, 2.75) is 44.2 Å². The molecule has 1 fully saturated rings. The molecule has 0 spiro atoms.